The van der Waals surface area contributed by atoms with Crippen LogP contribution in [0.1, 0.15) is 30.4 Å². The van der Waals surface area contributed by atoms with Crippen molar-refractivity contribution in [3.63, 3.8) is 0 Å². The summed E-state index contributed by atoms with van der Waals surface area (Å²) in [5.41, 5.74) is 14.0. The molecule has 0 saturated heterocycles. The number of nitrogens with one attached hydrogen (secondary N) is 6. The zero-order valence-corrected chi connectivity index (χ0v) is 25.1. The third kappa shape index (κ3) is 10.3. The molecule has 4 atom stereocenters. The quantitative estimate of drug-likeness (QED) is 0.0436. The van der Waals surface area contributed by atoms with Gasteiger partial charge < -0.3 is 42.8 Å². The second kappa shape index (κ2) is 16.9. The minimum atomic E-state index is -1.22. The summed E-state index contributed by atoms with van der Waals surface area (Å²) in [4.78, 5) is 55.1. The van der Waals surface area contributed by atoms with Crippen molar-refractivity contribution in [2.45, 2.75) is 56.3 Å². The molecule has 0 fully saturated rings. The molecule has 1 heterocycles. The second-order valence-electron chi connectivity index (χ2n) is 10.4. The summed E-state index contributed by atoms with van der Waals surface area (Å²) in [7, 11) is 0. The van der Waals surface area contributed by atoms with Crippen molar-refractivity contribution >= 4 is 53.2 Å². The maximum absolute atomic E-state index is 13.7. The van der Waals surface area contributed by atoms with Crippen LogP contribution in [-0.4, -0.2) is 76.2 Å². The smallest absolute Gasteiger partial charge is 0.326 e. The number of hydrogen-bond donors (Lipinski definition) is 10. The molecule has 11 N–H and O–H groups in total. The van der Waals surface area contributed by atoms with E-state index in [1.54, 1.807) is 6.20 Å². The molecule has 44 heavy (non-hydrogen) atoms. The summed E-state index contributed by atoms with van der Waals surface area (Å²) >= 11 is 4.09. The minimum absolute atomic E-state index is 0.0505. The van der Waals surface area contributed by atoms with Gasteiger partial charge in [-0.05, 0) is 48.6 Å². The third-order valence-corrected chi connectivity index (χ3v) is 7.28. The number of carboxylic acid groups (broad SMARTS) is 1. The highest BCUT2D eigenvalue weighted by Gasteiger charge is 2.31. The molecule has 14 heteroatoms. The van der Waals surface area contributed by atoms with Gasteiger partial charge in [0.1, 0.15) is 18.1 Å². The summed E-state index contributed by atoms with van der Waals surface area (Å²) in [6.45, 7) is 0.272. The van der Waals surface area contributed by atoms with Crippen LogP contribution in [0.3, 0.4) is 0 Å². The number of thiol groups is 1. The Balaban J connectivity index is 1.82. The summed E-state index contributed by atoms with van der Waals surface area (Å²) in [5, 5.41) is 28.4. The van der Waals surface area contributed by atoms with Crippen LogP contribution in [0.5, 0.6) is 0 Å². The largest absolute Gasteiger partial charge is 0.480 e. The molecule has 0 spiro atoms. The van der Waals surface area contributed by atoms with E-state index in [4.69, 9.17) is 16.9 Å². The van der Waals surface area contributed by atoms with Gasteiger partial charge in [-0.1, -0.05) is 48.5 Å². The number of carbonyl (C=O) groups is 4. The fourth-order valence-corrected chi connectivity index (χ4v) is 4.96. The van der Waals surface area contributed by atoms with Crippen LogP contribution in [0, 0.1) is 5.41 Å². The number of carboxylic acids is 1. The monoisotopic (exact) mass is 624 g/mol. The maximum Gasteiger partial charge on any atom is 0.326 e. The van der Waals surface area contributed by atoms with Crippen molar-refractivity contribution in [2.75, 3.05) is 12.3 Å². The van der Waals surface area contributed by atoms with Crippen LogP contribution in [0.2, 0.25) is 0 Å². The number of para-hydroxylation sites is 1. The average Bonchev–Trinajstić information content (AvgIpc) is 3.40. The molecule has 0 aliphatic rings. The van der Waals surface area contributed by atoms with Crippen LogP contribution in [0.25, 0.3) is 10.9 Å². The fourth-order valence-electron chi connectivity index (χ4n) is 4.70. The van der Waals surface area contributed by atoms with E-state index in [0.29, 0.717) is 6.42 Å². The van der Waals surface area contributed by atoms with E-state index in [0.717, 1.165) is 22.0 Å². The molecule has 0 radical (unpaired) electrons. The van der Waals surface area contributed by atoms with Gasteiger partial charge in [0.2, 0.25) is 17.7 Å². The first-order valence-corrected chi connectivity index (χ1v) is 14.9. The lowest BCUT2D eigenvalue weighted by molar-refractivity contribution is -0.142. The lowest BCUT2D eigenvalue weighted by atomic mass is 10.0. The lowest BCUT2D eigenvalue weighted by Gasteiger charge is -2.25. The Morgan fingerprint density at radius 2 is 1.50 bits per heavy atom. The van der Waals surface area contributed by atoms with E-state index in [9.17, 15) is 24.3 Å². The van der Waals surface area contributed by atoms with Crippen LogP contribution in [0.4, 0.5) is 0 Å². The highest BCUT2D eigenvalue weighted by Crippen LogP contribution is 2.19. The van der Waals surface area contributed by atoms with E-state index >= 15 is 0 Å². The highest BCUT2D eigenvalue weighted by atomic mass is 32.1. The number of rotatable bonds is 17. The first kappa shape index (κ1) is 33.9. The van der Waals surface area contributed by atoms with Crippen LogP contribution in [0.15, 0.2) is 60.8 Å². The van der Waals surface area contributed by atoms with Gasteiger partial charge >= 0.3 is 5.97 Å². The molecule has 3 aromatic rings. The zero-order valence-electron chi connectivity index (χ0n) is 24.2. The summed E-state index contributed by atoms with van der Waals surface area (Å²) in [5.74, 6) is -3.12. The van der Waals surface area contributed by atoms with Gasteiger partial charge in [0.25, 0.3) is 0 Å². The number of benzene rings is 2. The molecular formula is C30H40N8O5S. The normalized spacial score (nSPS) is 13.7. The number of hydrogen-bond acceptors (Lipinski definition) is 7. The van der Waals surface area contributed by atoms with Crippen molar-refractivity contribution in [3.05, 3.63) is 71.9 Å². The molecule has 0 aliphatic carbocycles. The molecule has 0 bridgehead atoms. The van der Waals surface area contributed by atoms with E-state index in [-0.39, 0.29) is 43.9 Å². The lowest BCUT2D eigenvalue weighted by Crippen LogP contribution is -2.57. The number of H-pyrrole nitrogens is 1. The van der Waals surface area contributed by atoms with Crippen molar-refractivity contribution in [3.8, 4) is 0 Å². The number of aromatic amines is 1. The zero-order chi connectivity index (χ0) is 32.1. The van der Waals surface area contributed by atoms with Crippen molar-refractivity contribution in [1.82, 2.24) is 26.3 Å². The van der Waals surface area contributed by atoms with Crippen molar-refractivity contribution in [1.29, 1.82) is 5.41 Å². The molecule has 0 saturated carbocycles. The first-order valence-electron chi connectivity index (χ1n) is 14.3. The number of aromatic nitrogens is 1. The Bertz CT molecular complexity index is 1430. The molecule has 0 unspecified atom stereocenters. The van der Waals surface area contributed by atoms with Crippen molar-refractivity contribution in [2.24, 2.45) is 11.5 Å². The fraction of sp³-hybridized carbons (Fsp3) is 0.367. The number of nitrogens with two attached hydrogens (primary N) is 2. The molecule has 0 aliphatic heterocycles. The average molecular weight is 625 g/mol. The predicted molar refractivity (Wildman–Crippen MR) is 171 cm³/mol. The molecule has 1 aromatic heterocycles. The Morgan fingerprint density at radius 3 is 2.18 bits per heavy atom. The van der Waals surface area contributed by atoms with Gasteiger partial charge in [0, 0.05) is 30.1 Å². The third-order valence-electron chi connectivity index (χ3n) is 7.02. The number of fused-ring (bicyclic) bond motifs is 1. The predicted octanol–water partition coefficient (Wildman–Crippen LogP) is 0.403. The van der Waals surface area contributed by atoms with E-state index in [2.05, 4.69) is 38.9 Å². The number of amides is 3. The molecule has 236 valence electrons. The topological polar surface area (TPSA) is 228 Å². The number of aliphatic carboxylic acids is 1. The number of guanidine groups is 1. The maximum atomic E-state index is 13.7. The van der Waals surface area contributed by atoms with Crippen LogP contribution >= 0.6 is 12.6 Å². The van der Waals surface area contributed by atoms with Gasteiger partial charge in [-0.2, -0.15) is 12.6 Å². The molecule has 2 aromatic carbocycles. The van der Waals surface area contributed by atoms with Crippen LogP contribution < -0.4 is 32.7 Å². The Kier molecular flexibility index (Phi) is 13.0. The number of carbonyl (C=O) groups excluding carboxylic acids is 3. The standard InChI is InChI=1S/C30H40N8O5S/c31-21(15-18-7-2-1-3-8-18)26(39)36-23(11-6-13-34-30(32)33)27(40)38-25(28(41)37-24(12-14-44)29(42)43)16-19-17-35-22-10-5-4-9-20(19)22/h1-5,7-10,17,21,23-25,35,44H,6,11-16,31H2,(H,36,39)(H,37,41)(H,38,40)(H,42,43)(H4,32,33,34)/t21-,23+,24+,25+/m1/s1. The Hall–Kier alpha value is -4.56. The van der Waals surface area contributed by atoms with Crippen molar-refractivity contribution < 1.29 is 24.3 Å². The molecule has 3 rings (SSSR count). The SMILES string of the molecule is N=C(N)NCCC[C@H](NC(=O)[C@H](N)Cc1ccccc1)C(=O)N[C@@H](Cc1c[nH]c2ccccc12)C(=O)N[C@@H](CCS)C(=O)O. The Morgan fingerprint density at radius 1 is 0.864 bits per heavy atom. The van der Waals surface area contributed by atoms with E-state index in [1.807, 2.05) is 54.6 Å². The van der Waals surface area contributed by atoms with Gasteiger partial charge in [-0.25, -0.2) is 4.79 Å². The van der Waals surface area contributed by atoms with Gasteiger partial charge in [-0.3, -0.25) is 19.8 Å². The molecule has 13 nitrogen and oxygen atoms in total. The molecular weight excluding hydrogens is 584 g/mol. The molecule has 3 amide bonds. The van der Waals surface area contributed by atoms with Gasteiger partial charge in [0.05, 0.1) is 6.04 Å². The minimum Gasteiger partial charge on any atom is -0.480 e. The Labute approximate surface area is 260 Å². The first-order chi connectivity index (χ1) is 21.1. The van der Waals surface area contributed by atoms with E-state index < -0.39 is 47.9 Å². The second-order valence-corrected chi connectivity index (χ2v) is 10.8. The van der Waals surface area contributed by atoms with Gasteiger partial charge in [-0.15, -0.1) is 0 Å². The highest BCUT2D eigenvalue weighted by molar-refractivity contribution is 7.80. The van der Waals surface area contributed by atoms with Crippen LogP contribution in [-0.2, 0) is 32.0 Å². The summed E-state index contributed by atoms with van der Waals surface area (Å²) < 4.78 is 0. The van der Waals surface area contributed by atoms with Gasteiger partial charge in [0.15, 0.2) is 5.96 Å². The summed E-state index contributed by atoms with van der Waals surface area (Å²) in [6, 6.07) is 12.3. The van der Waals surface area contributed by atoms with E-state index in [1.165, 1.54) is 0 Å². The summed E-state index contributed by atoms with van der Waals surface area (Å²) in [6.07, 6.45) is 2.62.